The molecule has 0 saturated heterocycles. The normalized spacial score (nSPS) is 10.2. The van der Waals surface area contributed by atoms with Crippen LogP contribution in [0.2, 0.25) is 15.5 Å². The van der Waals surface area contributed by atoms with E-state index in [-0.39, 0.29) is 52.4 Å². The lowest BCUT2D eigenvalue weighted by molar-refractivity contribution is 0.278. The molecule has 4 heterocycles. The van der Waals surface area contributed by atoms with Crippen molar-refractivity contribution < 1.29 is 24.1 Å². The van der Waals surface area contributed by atoms with Gasteiger partial charge < -0.3 is 35.5 Å². The van der Waals surface area contributed by atoms with Crippen LogP contribution in [0.5, 0.6) is 29.9 Å². The Kier molecular flexibility index (Phi) is 23.9. The molecule has 17 nitrogen and oxygen atoms in total. The van der Waals surface area contributed by atoms with Gasteiger partial charge in [-0.3, -0.25) is 19.6 Å². The minimum absolute atomic E-state index is 0.0755. The summed E-state index contributed by atoms with van der Waals surface area (Å²) in [5, 5.41) is 10.3. The van der Waals surface area contributed by atoms with Crippen molar-refractivity contribution in [3.8, 4) is 29.9 Å². The quantitative estimate of drug-likeness (QED) is 0.0549. The molecule has 4 rings (SSSR count). The molecule has 0 aliphatic rings. The van der Waals surface area contributed by atoms with E-state index >= 15 is 0 Å². The number of rotatable bonds is 16. The maximum absolute atomic E-state index is 11.2. The zero-order valence-electron chi connectivity index (χ0n) is 33.4. The average Bonchev–Trinajstić information content (AvgIpc) is 3.15. The van der Waals surface area contributed by atoms with Crippen molar-refractivity contribution in [3.63, 3.8) is 0 Å². The molecule has 312 valence electrons. The molecule has 56 heavy (non-hydrogen) atoms. The van der Waals surface area contributed by atoms with Crippen molar-refractivity contribution in [2.45, 2.75) is 107 Å². The molecule has 0 aromatic carbocycles. The van der Waals surface area contributed by atoms with Crippen LogP contribution >= 0.6 is 34.8 Å². The third-order valence-corrected chi connectivity index (χ3v) is 8.42. The average molecular weight is 846 g/mol. The molecule has 0 unspecified atom stereocenters. The number of H-pyrrole nitrogens is 2. The third-order valence-electron chi connectivity index (χ3n) is 7.31. The molecule has 0 radical (unpaired) electrons. The number of aromatic nitrogens is 8. The molecule has 4 aromatic heterocycles. The van der Waals surface area contributed by atoms with E-state index in [0.29, 0.717) is 64.4 Å². The number of nitrogens with two attached hydrogens (primary N) is 2. The number of aromatic hydroxyl groups is 1. The standard InChI is InChI=1S/C9H12Cl2N2O.C9H14ClN3O.C9H15N3O2.C9H14N2O3/c2*1-3-4-5-14-9-12-7(10)6(2)8(11)13-9;1-3-4-5-14-9-11-7(10)6(2)8(13)12-9;1-3-4-5-14-9-10-7(12)6(2)8(13)11-9/h3-5H2,1-2H3;3-5H2,1-2H3,(H2,11,12,13);3-5H2,1-2H3,(H3,10,11,12,13);3-5H2,1-2H3,(H2,10,11,12,13). The molecule has 4 aromatic rings. The molecule has 0 saturated carbocycles. The van der Waals surface area contributed by atoms with Crippen LogP contribution < -0.4 is 41.5 Å². The van der Waals surface area contributed by atoms with Crippen molar-refractivity contribution in [1.82, 2.24) is 39.9 Å². The second-order valence-corrected chi connectivity index (χ2v) is 13.1. The van der Waals surface area contributed by atoms with E-state index in [1.54, 1.807) is 20.8 Å². The molecular formula is C36H55Cl3N10O7. The van der Waals surface area contributed by atoms with E-state index in [0.717, 1.165) is 51.4 Å². The van der Waals surface area contributed by atoms with E-state index in [1.165, 1.54) is 6.92 Å². The van der Waals surface area contributed by atoms with Crippen molar-refractivity contribution in [3.05, 3.63) is 58.4 Å². The van der Waals surface area contributed by atoms with Crippen molar-refractivity contribution in [2.24, 2.45) is 0 Å². The van der Waals surface area contributed by atoms with Crippen molar-refractivity contribution in [1.29, 1.82) is 0 Å². The zero-order valence-corrected chi connectivity index (χ0v) is 35.6. The van der Waals surface area contributed by atoms with E-state index in [1.807, 2.05) is 6.92 Å². The lowest BCUT2D eigenvalue weighted by atomic mass is 10.3. The Morgan fingerprint density at radius 3 is 1.27 bits per heavy atom. The predicted molar refractivity (Wildman–Crippen MR) is 220 cm³/mol. The second-order valence-electron chi connectivity index (χ2n) is 12.0. The molecule has 0 aliphatic carbocycles. The molecular weight excluding hydrogens is 791 g/mol. The van der Waals surface area contributed by atoms with Gasteiger partial charge in [-0.15, -0.1) is 0 Å². The highest BCUT2D eigenvalue weighted by atomic mass is 35.5. The minimum atomic E-state index is -0.371. The topological polar surface area (TPSA) is 252 Å². The molecule has 20 heteroatoms. The summed E-state index contributed by atoms with van der Waals surface area (Å²) in [4.78, 5) is 50.7. The van der Waals surface area contributed by atoms with E-state index in [4.69, 9.17) is 65.2 Å². The van der Waals surface area contributed by atoms with Crippen molar-refractivity contribution in [2.75, 3.05) is 37.9 Å². The SMILES string of the molecule is CCCCOc1nc(Cl)c(C)c(Cl)n1.CCCCOc1nc(N)c(C)c(=O)[nH]1.CCCCOc1nc(N)c(C)c(Cl)n1.CCCCOc1nc(O)c(C)c(=O)[nH]1. The van der Waals surface area contributed by atoms with Crippen LogP contribution in [0.15, 0.2) is 9.59 Å². The largest absolute Gasteiger partial charge is 0.493 e. The van der Waals surface area contributed by atoms with Gasteiger partial charge in [-0.2, -0.15) is 29.9 Å². The fourth-order valence-electron chi connectivity index (χ4n) is 3.47. The highest BCUT2D eigenvalue weighted by Gasteiger charge is 2.09. The first-order valence-corrected chi connectivity index (χ1v) is 19.4. The molecule has 0 spiro atoms. The van der Waals surface area contributed by atoms with Crippen LogP contribution in [0.1, 0.15) is 101 Å². The monoisotopic (exact) mass is 844 g/mol. The Balaban J connectivity index is 0.000000373. The molecule has 0 bridgehead atoms. The first kappa shape index (κ1) is 49.4. The van der Waals surface area contributed by atoms with Gasteiger partial charge in [-0.05, 0) is 53.4 Å². The highest BCUT2D eigenvalue weighted by Crippen LogP contribution is 2.22. The molecule has 0 amide bonds. The van der Waals surface area contributed by atoms with Crippen LogP contribution in [0.4, 0.5) is 11.6 Å². The maximum Gasteiger partial charge on any atom is 0.319 e. The molecule has 0 fully saturated rings. The summed E-state index contributed by atoms with van der Waals surface area (Å²) in [6, 6.07) is 0.781. The van der Waals surface area contributed by atoms with Crippen molar-refractivity contribution >= 4 is 46.4 Å². The van der Waals surface area contributed by atoms with Crippen LogP contribution in [0.3, 0.4) is 0 Å². The van der Waals surface area contributed by atoms with Gasteiger partial charge in [0, 0.05) is 11.1 Å². The number of halogens is 3. The van der Waals surface area contributed by atoms with Gasteiger partial charge in [0.15, 0.2) is 0 Å². The Hall–Kier alpha value is -4.61. The van der Waals surface area contributed by atoms with E-state index < -0.39 is 0 Å². The van der Waals surface area contributed by atoms with Gasteiger partial charge in [0.2, 0.25) is 5.88 Å². The summed E-state index contributed by atoms with van der Waals surface area (Å²) in [7, 11) is 0. The number of ether oxygens (including phenoxy) is 4. The van der Waals surface area contributed by atoms with Gasteiger partial charge in [-0.1, -0.05) is 88.2 Å². The first-order valence-electron chi connectivity index (χ1n) is 18.3. The van der Waals surface area contributed by atoms with E-state index in [9.17, 15) is 14.7 Å². The summed E-state index contributed by atoms with van der Waals surface area (Å²) in [6.45, 7) is 17.1. The van der Waals surface area contributed by atoms with Crippen LogP contribution in [-0.2, 0) is 0 Å². The van der Waals surface area contributed by atoms with Crippen LogP contribution in [-0.4, -0.2) is 71.4 Å². The van der Waals surface area contributed by atoms with Gasteiger partial charge in [-0.25, -0.2) is 0 Å². The van der Waals surface area contributed by atoms with Crippen LogP contribution in [0.25, 0.3) is 0 Å². The second kappa shape index (κ2) is 27.1. The fourth-order valence-corrected chi connectivity index (χ4v) is 4.01. The van der Waals surface area contributed by atoms with E-state index in [2.05, 4.69) is 60.6 Å². The first-order chi connectivity index (χ1) is 26.6. The number of hydrogen-bond donors (Lipinski definition) is 5. The maximum atomic E-state index is 11.2. The number of hydrogen-bond acceptors (Lipinski definition) is 15. The smallest absolute Gasteiger partial charge is 0.319 e. The summed E-state index contributed by atoms with van der Waals surface area (Å²) >= 11 is 17.5. The number of unbranched alkanes of at least 4 members (excludes halogenated alkanes) is 4. The number of nitrogens with one attached hydrogen (secondary N) is 2. The molecule has 7 N–H and O–H groups in total. The third kappa shape index (κ3) is 18.3. The summed E-state index contributed by atoms with van der Waals surface area (Å²) in [5.41, 5.74) is 12.5. The summed E-state index contributed by atoms with van der Waals surface area (Å²) in [6.07, 6.45) is 7.91. The Bertz CT molecular complexity index is 1720. The van der Waals surface area contributed by atoms with Gasteiger partial charge in [0.1, 0.15) is 27.1 Å². The lowest BCUT2D eigenvalue weighted by Crippen LogP contribution is -2.16. The number of nitrogens with zero attached hydrogens (tertiary/aromatic N) is 6. The summed E-state index contributed by atoms with van der Waals surface area (Å²) < 4.78 is 20.9. The number of nitrogen functional groups attached to an aromatic ring is 2. The van der Waals surface area contributed by atoms with Crippen LogP contribution in [0, 0.1) is 27.7 Å². The molecule has 0 aliphatic heterocycles. The Morgan fingerprint density at radius 1 is 0.518 bits per heavy atom. The Labute approximate surface area is 342 Å². The number of anilines is 2. The zero-order chi connectivity index (χ0) is 42.2. The van der Waals surface area contributed by atoms with Gasteiger partial charge in [0.05, 0.1) is 37.6 Å². The minimum Gasteiger partial charge on any atom is -0.493 e. The lowest BCUT2D eigenvalue weighted by Gasteiger charge is -2.06. The molecule has 0 atom stereocenters. The number of aromatic amines is 2. The highest BCUT2D eigenvalue weighted by molar-refractivity contribution is 6.34. The van der Waals surface area contributed by atoms with Gasteiger partial charge >= 0.3 is 12.0 Å². The fraction of sp³-hybridized carbons (Fsp3) is 0.556. The summed E-state index contributed by atoms with van der Waals surface area (Å²) in [5.74, 6) is 0.317. The Morgan fingerprint density at radius 2 is 0.875 bits per heavy atom. The van der Waals surface area contributed by atoms with Gasteiger partial charge in [0.25, 0.3) is 23.1 Å². The predicted octanol–water partition coefficient (Wildman–Crippen LogP) is 7.27.